The van der Waals surface area contributed by atoms with Crippen molar-refractivity contribution in [3.63, 3.8) is 0 Å². The van der Waals surface area contributed by atoms with E-state index < -0.39 is 12.0 Å². The Labute approximate surface area is 218 Å². The molecule has 2 amide bonds. The van der Waals surface area contributed by atoms with E-state index in [9.17, 15) is 19.5 Å². The van der Waals surface area contributed by atoms with E-state index in [2.05, 4.69) is 78.3 Å². The van der Waals surface area contributed by atoms with Gasteiger partial charge < -0.3 is 15.7 Å². The van der Waals surface area contributed by atoms with E-state index in [1.807, 2.05) is 12.2 Å². The molecule has 0 aromatic heterocycles. The number of nitrogens with one attached hydrogen (secondary N) is 2. The number of carbonyl (C=O) groups is 3. The fourth-order valence-corrected chi connectivity index (χ4v) is 3.12. The maximum Gasteiger partial charge on any atom is 0.326 e. The molecule has 0 aromatic carbocycles. The van der Waals surface area contributed by atoms with Gasteiger partial charge in [0.15, 0.2) is 0 Å². The van der Waals surface area contributed by atoms with Gasteiger partial charge in [0.05, 0.1) is 0 Å². The lowest BCUT2D eigenvalue weighted by atomic mass is 10.1. The summed E-state index contributed by atoms with van der Waals surface area (Å²) in [4.78, 5) is 34.2. The third-order valence-electron chi connectivity index (χ3n) is 5.06. The number of unbranched alkanes of at least 4 members (excludes halogenated alkanes) is 1. The molecule has 1 atom stereocenters. The smallest absolute Gasteiger partial charge is 0.326 e. The molecule has 0 fully saturated rings. The van der Waals surface area contributed by atoms with Crippen LogP contribution in [0.1, 0.15) is 84.5 Å². The first-order chi connectivity index (χ1) is 17.5. The second kappa shape index (κ2) is 25.0. The minimum atomic E-state index is -1.03. The molecule has 0 spiro atoms. The fraction of sp³-hybridized carbons (Fsp3) is 0.500. The van der Waals surface area contributed by atoms with E-state index >= 15 is 0 Å². The quantitative estimate of drug-likeness (QED) is 0.127. The molecule has 3 N–H and O–H groups in total. The summed E-state index contributed by atoms with van der Waals surface area (Å²) in [7, 11) is 0. The van der Waals surface area contributed by atoms with E-state index in [-0.39, 0.29) is 18.2 Å². The van der Waals surface area contributed by atoms with E-state index in [1.54, 1.807) is 0 Å². The highest BCUT2D eigenvalue weighted by Crippen LogP contribution is 2.03. The molecule has 0 saturated carbocycles. The summed E-state index contributed by atoms with van der Waals surface area (Å²) in [5.74, 6) is -1.40. The highest BCUT2D eigenvalue weighted by atomic mass is 16.4. The summed E-state index contributed by atoms with van der Waals surface area (Å²) in [6.07, 6.45) is 33.8. The normalized spacial score (nSPS) is 13.2. The van der Waals surface area contributed by atoms with Gasteiger partial charge in [-0.05, 0) is 64.2 Å². The molecule has 0 rings (SSSR count). The van der Waals surface area contributed by atoms with Crippen molar-refractivity contribution in [1.82, 2.24) is 10.6 Å². The summed E-state index contributed by atoms with van der Waals surface area (Å²) in [6, 6.07) is -0.889. The first-order valence-corrected chi connectivity index (χ1v) is 13.1. The number of aliphatic carboxylic acids is 1. The number of amides is 2. The van der Waals surface area contributed by atoms with Crippen LogP contribution in [0.5, 0.6) is 0 Å². The van der Waals surface area contributed by atoms with Crippen LogP contribution in [0.4, 0.5) is 0 Å². The molecule has 0 heterocycles. The lowest BCUT2D eigenvalue weighted by molar-refractivity contribution is -0.142. The minimum absolute atomic E-state index is 0.104. The molecule has 36 heavy (non-hydrogen) atoms. The Kier molecular flexibility index (Phi) is 22.8. The molecule has 0 saturated heterocycles. The Morgan fingerprint density at radius 3 is 1.64 bits per heavy atom. The highest BCUT2D eigenvalue weighted by molar-refractivity contribution is 5.83. The van der Waals surface area contributed by atoms with Crippen LogP contribution in [0.2, 0.25) is 0 Å². The van der Waals surface area contributed by atoms with Crippen LogP contribution in [-0.2, 0) is 14.4 Å². The molecule has 0 aromatic rings. The van der Waals surface area contributed by atoms with Crippen molar-refractivity contribution in [3.8, 4) is 0 Å². The molecule has 6 nitrogen and oxygen atoms in total. The predicted octanol–water partition coefficient (Wildman–Crippen LogP) is 6.34. The SMILES string of the molecule is CC/C=C\C/C=C\C/C=C\C/C=C\C/C=C\C/C=C\CCC(=O)N[C@@H](CCCCNC(C)=O)C(=O)O. The lowest BCUT2D eigenvalue weighted by Gasteiger charge is -2.14. The summed E-state index contributed by atoms with van der Waals surface area (Å²) in [6.45, 7) is 4.09. The zero-order chi connectivity index (χ0) is 26.7. The third kappa shape index (κ3) is 24.0. The van der Waals surface area contributed by atoms with Crippen molar-refractivity contribution in [1.29, 1.82) is 0 Å². The zero-order valence-corrected chi connectivity index (χ0v) is 22.2. The molecular formula is C30H46N2O4. The van der Waals surface area contributed by atoms with Crippen LogP contribution >= 0.6 is 0 Å². The largest absolute Gasteiger partial charge is 0.480 e. The summed E-state index contributed by atoms with van der Waals surface area (Å²) < 4.78 is 0. The van der Waals surface area contributed by atoms with Gasteiger partial charge >= 0.3 is 5.97 Å². The fourth-order valence-electron chi connectivity index (χ4n) is 3.12. The third-order valence-corrected chi connectivity index (χ3v) is 5.06. The predicted molar refractivity (Wildman–Crippen MR) is 150 cm³/mol. The van der Waals surface area contributed by atoms with Crippen LogP contribution in [0.25, 0.3) is 0 Å². The van der Waals surface area contributed by atoms with Crippen molar-refractivity contribution in [2.75, 3.05) is 6.54 Å². The van der Waals surface area contributed by atoms with E-state index in [4.69, 9.17) is 0 Å². The summed E-state index contributed by atoms with van der Waals surface area (Å²) in [5, 5.41) is 14.5. The highest BCUT2D eigenvalue weighted by Gasteiger charge is 2.18. The Morgan fingerprint density at radius 1 is 0.722 bits per heavy atom. The molecule has 0 unspecified atom stereocenters. The van der Waals surface area contributed by atoms with Crippen molar-refractivity contribution >= 4 is 17.8 Å². The Morgan fingerprint density at radius 2 is 1.19 bits per heavy atom. The molecular weight excluding hydrogens is 452 g/mol. The van der Waals surface area contributed by atoms with Gasteiger partial charge in [0.25, 0.3) is 0 Å². The number of allylic oxidation sites excluding steroid dienone is 12. The molecule has 0 radical (unpaired) electrons. The van der Waals surface area contributed by atoms with E-state index in [0.29, 0.717) is 32.2 Å². The lowest BCUT2D eigenvalue weighted by Crippen LogP contribution is -2.40. The molecule has 6 heteroatoms. The number of rotatable bonds is 21. The maximum atomic E-state index is 12.0. The van der Waals surface area contributed by atoms with Crippen LogP contribution in [0, 0.1) is 0 Å². The van der Waals surface area contributed by atoms with E-state index in [1.165, 1.54) is 6.92 Å². The molecule has 0 aliphatic heterocycles. The van der Waals surface area contributed by atoms with Crippen LogP contribution in [-0.4, -0.2) is 35.5 Å². The minimum Gasteiger partial charge on any atom is -0.480 e. The molecule has 0 aliphatic carbocycles. The van der Waals surface area contributed by atoms with E-state index in [0.717, 1.165) is 38.5 Å². The van der Waals surface area contributed by atoms with Crippen LogP contribution in [0.3, 0.4) is 0 Å². The van der Waals surface area contributed by atoms with Gasteiger partial charge in [-0.25, -0.2) is 4.79 Å². The van der Waals surface area contributed by atoms with Gasteiger partial charge in [0.2, 0.25) is 11.8 Å². The van der Waals surface area contributed by atoms with Crippen LogP contribution < -0.4 is 10.6 Å². The van der Waals surface area contributed by atoms with Gasteiger partial charge in [-0.1, -0.05) is 79.8 Å². The monoisotopic (exact) mass is 498 g/mol. The zero-order valence-electron chi connectivity index (χ0n) is 22.2. The van der Waals surface area contributed by atoms with Crippen molar-refractivity contribution in [3.05, 3.63) is 72.9 Å². The summed E-state index contributed by atoms with van der Waals surface area (Å²) in [5.41, 5.74) is 0. The maximum absolute atomic E-state index is 12.0. The molecule has 0 bridgehead atoms. The number of carbonyl (C=O) groups excluding carboxylic acids is 2. The van der Waals surface area contributed by atoms with Gasteiger partial charge in [-0.3, -0.25) is 9.59 Å². The van der Waals surface area contributed by atoms with Gasteiger partial charge in [-0.2, -0.15) is 0 Å². The molecule has 0 aliphatic rings. The topological polar surface area (TPSA) is 95.5 Å². The number of carboxylic acids is 1. The first kappa shape index (κ1) is 32.8. The first-order valence-electron chi connectivity index (χ1n) is 13.1. The summed E-state index contributed by atoms with van der Waals surface area (Å²) >= 11 is 0. The van der Waals surface area contributed by atoms with Crippen molar-refractivity contribution in [2.45, 2.75) is 90.5 Å². The van der Waals surface area contributed by atoms with Crippen LogP contribution in [0.15, 0.2) is 72.9 Å². The number of hydrogen-bond donors (Lipinski definition) is 3. The van der Waals surface area contributed by atoms with Gasteiger partial charge in [0.1, 0.15) is 6.04 Å². The Bertz CT molecular complexity index is 776. The number of carboxylic acid groups (broad SMARTS) is 1. The van der Waals surface area contributed by atoms with Crippen molar-refractivity contribution < 1.29 is 19.5 Å². The Hall–Kier alpha value is -3.15. The standard InChI is InChI=1S/C30H46N2O4/c1-3-4-5-6-7-8-9-10-11-12-13-14-15-16-17-18-19-20-21-25-29(34)32-28(30(35)36)24-22-23-26-31-27(2)33/h4-5,7-8,10-11,13-14,16-17,19-20,28H,3,6,9,12,15,18,21-26H2,1-2H3,(H,31,33)(H,32,34)(H,35,36)/b5-4-,8-7-,11-10-,14-13-,17-16-,20-19-/t28-/m0/s1. The Balaban J connectivity index is 3.85. The second-order valence-corrected chi connectivity index (χ2v) is 8.39. The van der Waals surface area contributed by atoms with Crippen molar-refractivity contribution in [2.24, 2.45) is 0 Å². The average Bonchev–Trinajstić information content (AvgIpc) is 2.84. The second-order valence-electron chi connectivity index (χ2n) is 8.39. The average molecular weight is 499 g/mol. The van der Waals surface area contributed by atoms with Gasteiger partial charge in [-0.15, -0.1) is 0 Å². The molecule has 200 valence electrons. The van der Waals surface area contributed by atoms with Gasteiger partial charge in [0, 0.05) is 19.9 Å². The number of hydrogen-bond acceptors (Lipinski definition) is 3.